The van der Waals surface area contributed by atoms with E-state index >= 15 is 0 Å². The first-order chi connectivity index (χ1) is 10.2. The zero-order chi connectivity index (χ0) is 14.8. The van der Waals surface area contributed by atoms with E-state index in [4.69, 9.17) is 21.3 Å². The van der Waals surface area contributed by atoms with Crippen LogP contribution in [0.1, 0.15) is 50.7 Å². The molecule has 0 aliphatic heterocycles. The number of halogens is 1. The zero-order valence-corrected chi connectivity index (χ0v) is 13.6. The van der Waals surface area contributed by atoms with Crippen LogP contribution in [0.25, 0.3) is 11.0 Å². The molecule has 1 aliphatic rings. The fraction of sp³-hybridized carbons (Fsp3) is 0.588. The van der Waals surface area contributed by atoms with Gasteiger partial charge in [-0.25, -0.2) is 4.98 Å². The van der Waals surface area contributed by atoms with Gasteiger partial charge < -0.3 is 9.30 Å². The molecular formula is C17H23ClN2O. The van der Waals surface area contributed by atoms with E-state index in [1.807, 2.05) is 26.0 Å². The molecule has 0 spiro atoms. The average Bonchev–Trinajstić information content (AvgIpc) is 3.09. The van der Waals surface area contributed by atoms with Crippen molar-refractivity contribution >= 4 is 22.6 Å². The minimum absolute atomic E-state index is 0.0896. The van der Waals surface area contributed by atoms with Gasteiger partial charge in [0.05, 0.1) is 17.5 Å². The van der Waals surface area contributed by atoms with Crippen LogP contribution in [0.4, 0.5) is 0 Å². The Labute approximate surface area is 131 Å². The molecule has 0 saturated heterocycles. The number of ether oxygens (including phenoxy) is 1. The number of imidazole rings is 1. The Hall–Kier alpha value is -1.22. The molecule has 1 fully saturated rings. The van der Waals surface area contributed by atoms with Crippen LogP contribution in [-0.4, -0.2) is 16.2 Å². The van der Waals surface area contributed by atoms with Crippen LogP contribution >= 0.6 is 11.6 Å². The molecule has 0 radical (unpaired) electrons. The van der Waals surface area contributed by atoms with Crippen molar-refractivity contribution in [3.05, 3.63) is 24.0 Å². The molecule has 3 rings (SSSR count). The fourth-order valence-corrected chi connectivity index (χ4v) is 3.52. The molecule has 3 nitrogen and oxygen atoms in total. The van der Waals surface area contributed by atoms with Gasteiger partial charge in [-0.1, -0.05) is 18.9 Å². The lowest BCUT2D eigenvalue weighted by Gasteiger charge is -2.15. The molecule has 0 N–H and O–H groups in total. The second-order valence-corrected chi connectivity index (χ2v) is 6.56. The number of alkyl halides is 1. The Bertz CT molecular complexity index is 615. The van der Waals surface area contributed by atoms with E-state index in [-0.39, 0.29) is 5.38 Å². The molecule has 1 heterocycles. The molecule has 1 aromatic carbocycles. The molecule has 21 heavy (non-hydrogen) atoms. The summed E-state index contributed by atoms with van der Waals surface area (Å²) in [4.78, 5) is 4.78. The highest BCUT2D eigenvalue weighted by molar-refractivity contribution is 6.20. The number of para-hydroxylation sites is 1. The molecule has 1 aliphatic carbocycles. The van der Waals surface area contributed by atoms with E-state index in [0.29, 0.717) is 6.61 Å². The SMILES string of the molecule is CCOc1cccc2c1nc(C(C)Cl)n2CC1CCCC1. The lowest BCUT2D eigenvalue weighted by Crippen LogP contribution is -2.11. The van der Waals surface area contributed by atoms with Crippen molar-refractivity contribution in [3.63, 3.8) is 0 Å². The summed E-state index contributed by atoms with van der Waals surface area (Å²) in [6.07, 6.45) is 5.35. The molecule has 1 saturated carbocycles. The predicted octanol–water partition coefficient (Wildman–Crippen LogP) is 4.93. The van der Waals surface area contributed by atoms with Crippen molar-refractivity contribution in [2.75, 3.05) is 6.61 Å². The quantitative estimate of drug-likeness (QED) is 0.733. The molecule has 0 bridgehead atoms. The Morgan fingerprint density at radius 2 is 2.14 bits per heavy atom. The van der Waals surface area contributed by atoms with Crippen molar-refractivity contribution in [1.29, 1.82) is 0 Å². The number of nitrogens with zero attached hydrogens (tertiary/aromatic N) is 2. The van der Waals surface area contributed by atoms with E-state index in [1.54, 1.807) is 0 Å². The topological polar surface area (TPSA) is 27.1 Å². The number of aromatic nitrogens is 2. The van der Waals surface area contributed by atoms with Crippen LogP contribution < -0.4 is 4.74 Å². The largest absolute Gasteiger partial charge is 0.492 e. The molecule has 114 valence electrons. The fourth-order valence-electron chi connectivity index (χ4n) is 3.36. The maximum Gasteiger partial charge on any atom is 0.147 e. The lowest BCUT2D eigenvalue weighted by atomic mass is 10.1. The van der Waals surface area contributed by atoms with Gasteiger partial charge in [-0.05, 0) is 44.7 Å². The van der Waals surface area contributed by atoms with Gasteiger partial charge in [0.1, 0.15) is 17.1 Å². The zero-order valence-electron chi connectivity index (χ0n) is 12.8. The van der Waals surface area contributed by atoms with Crippen LogP contribution in [0.3, 0.4) is 0 Å². The maximum atomic E-state index is 6.37. The van der Waals surface area contributed by atoms with Gasteiger partial charge >= 0.3 is 0 Å². The van der Waals surface area contributed by atoms with Gasteiger partial charge in [0.25, 0.3) is 0 Å². The van der Waals surface area contributed by atoms with Crippen LogP contribution in [0.15, 0.2) is 18.2 Å². The summed E-state index contributed by atoms with van der Waals surface area (Å²) in [7, 11) is 0. The second-order valence-electron chi connectivity index (χ2n) is 5.90. The van der Waals surface area contributed by atoms with E-state index < -0.39 is 0 Å². The summed E-state index contributed by atoms with van der Waals surface area (Å²) in [6, 6.07) is 6.16. The van der Waals surface area contributed by atoms with Crippen molar-refractivity contribution in [3.8, 4) is 5.75 Å². The smallest absolute Gasteiger partial charge is 0.147 e. The van der Waals surface area contributed by atoms with E-state index in [0.717, 1.165) is 35.1 Å². The molecular weight excluding hydrogens is 284 g/mol. The number of fused-ring (bicyclic) bond motifs is 1. The van der Waals surface area contributed by atoms with E-state index in [1.165, 1.54) is 25.7 Å². The number of hydrogen-bond donors (Lipinski definition) is 0. The molecule has 0 amide bonds. The van der Waals surface area contributed by atoms with E-state index in [2.05, 4.69) is 10.6 Å². The standard InChI is InChI=1S/C17H23ClN2O/c1-3-21-15-10-6-9-14-16(15)19-17(12(2)18)20(14)11-13-7-4-5-8-13/h6,9-10,12-13H,3-5,7-8,11H2,1-2H3. The van der Waals surface area contributed by atoms with E-state index in [9.17, 15) is 0 Å². The highest BCUT2D eigenvalue weighted by atomic mass is 35.5. The van der Waals surface area contributed by atoms with Gasteiger partial charge in [-0.3, -0.25) is 0 Å². The summed E-state index contributed by atoms with van der Waals surface area (Å²) in [5.41, 5.74) is 2.09. The Balaban J connectivity index is 2.06. The first-order valence-electron chi connectivity index (χ1n) is 7.96. The van der Waals surface area contributed by atoms with Crippen molar-refractivity contribution in [2.45, 2.75) is 51.5 Å². The minimum atomic E-state index is -0.0896. The van der Waals surface area contributed by atoms with Crippen LogP contribution in [0.2, 0.25) is 0 Å². The summed E-state index contributed by atoms with van der Waals surface area (Å²) in [5, 5.41) is -0.0896. The molecule has 4 heteroatoms. The first kappa shape index (κ1) is 14.7. The lowest BCUT2D eigenvalue weighted by molar-refractivity contribution is 0.343. The summed E-state index contributed by atoms with van der Waals surface area (Å²) in [5.74, 6) is 2.58. The monoisotopic (exact) mass is 306 g/mol. The molecule has 1 atom stereocenters. The predicted molar refractivity (Wildman–Crippen MR) is 87.1 cm³/mol. The summed E-state index contributed by atoms with van der Waals surface area (Å²) >= 11 is 6.37. The normalized spacial score (nSPS) is 17.5. The number of hydrogen-bond acceptors (Lipinski definition) is 2. The summed E-state index contributed by atoms with van der Waals surface area (Å²) < 4.78 is 8.03. The Morgan fingerprint density at radius 1 is 1.38 bits per heavy atom. The molecule has 1 aromatic heterocycles. The average molecular weight is 307 g/mol. The minimum Gasteiger partial charge on any atom is -0.492 e. The summed E-state index contributed by atoms with van der Waals surface area (Å²) in [6.45, 7) is 5.67. The van der Waals surface area contributed by atoms with Gasteiger partial charge in [-0.2, -0.15) is 0 Å². The third kappa shape index (κ3) is 2.89. The van der Waals surface area contributed by atoms with Gasteiger partial charge in [0.2, 0.25) is 0 Å². The van der Waals surface area contributed by atoms with Gasteiger partial charge in [-0.15, -0.1) is 11.6 Å². The van der Waals surface area contributed by atoms with Crippen molar-refractivity contribution < 1.29 is 4.74 Å². The van der Waals surface area contributed by atoms with Crippen LogP contribution in [-0.2, 0) is 6.54 Å². The first-order valence-corrected chi connectivity index (χ1v) is 8.40. The highest BCUT2D eigenvalue weighted by Gasteiger charge is 2.22. The van der Waals surface area contributed by atoms with Crippen molar-refractivity contribution in [2.24, 2.45) is 5.92 Å². The van der Waals surface area contributed by atoms with Gasteiger partial charge in [0.15, 0.2) is 0 Å². The van der Waals surface area contributed by atoms with Crippen LogP contribution in [0, 0.1) is 5.92 Å². The molecule has 2 aromatic rings. The highest BCUT2D eigenvalue weighted by Crippen LogP contribution is 2.33. The second kappa shape index (κ2) is 6.27. The third-order valence-electron chi connectivity index (χ3n) is 4.34. The Kier molecular flexibility index (Phi) is 4.39. The van der Waals surface area contributed by atoms with Crippen molar-refractivity contribution in [1.82, 2.24) is 9.55 Å². The third-order valence-corrected chi connectivity index (χ3v) is 4.54. The van der Waals surface area contributed by atoms with Crippen LogP contribution in [0.5, 0.6) is 5.75 Å². The number of rotatable bonds is 5. The maximum absolute atomic E-state index is 6.37. The molecule has 1 unspecified atom stereocenters. The number of benzene rings is 1. The van der Waals surface area contributed by atoms with Gasteiger partial charge in [0, 0.05) is 6.54 Å². The Morgan fingerprint density at radius 3 is 2.81 bits per heavy atom.